The van der Waals surface area contributed by atoms with Crippen LogP contribution in [0.1, 0.15) is 24.8 Å². The molecule has 1 aromatic rings. The van der Waals surface area contributed by atoms with E-state index >= 15 is 0 Å². The Morgan fingerprint density at radius 3 is 2.89 bits per heavy atom. The monoisotopic (exact) mass is 270 g/mol. The van der Waals surface area contributed by atoms with Crippen molar-refractivity contribution >= 4 is 11.6 Å². The highest BCUT2D eigenvalue weighted by molar-refractivity contribution is 6.30. The fraction of sp³-hybridized carbons (Fsp3) is 0.385. The first-order chi connectivity index (χ1) is 8.58. The first kappa shape index (κ1) is 11.8. The molecular weight excluding hydrogens is 258 g/mol. The van der Waals surface area contributed by atoms with E-state index in [1.54, 1.807) is 0 Å². The lowest BCUT2D eigenvalue weighted by atomic mass is 9.96. The highest BCUT2D eigenvalue weighted by Gasteiger charge is 2.35. The molecule has 2 heterocycles. The summed E-state index contributed by atoms with van der Waals surface area (Å²) in [5.74, 6) is -1.28. The molecule has 0 aliphatic carbocycles. The molecule has 1 saturated heterocycles. The third kappa shape index (κ3) is 1.67. The van der Waals surface area contributed by atoms with Gasteiger partial charge in [0.05, 0.1) is 11.7 Å². The number of halogens is 3. The zero-order valence-electron chi connectivity index (χ0n) is 9.93. The van der Waals surface area contributed by atoms with Gasteiger partial charge in [-0.2, -0.15) is 0 Å². The van der Waals surface area contributed by atoms with E-state index < -0.39 is 11.6 Å². The first-order valence-corrected chi connectivity index (χ1v) is 6.27. The van der Waals surface area contributed by atoms with E-state index in [0.29, 0.717) is 13.0 Å². The molecule has 2 aliphatic rings. The molecule has 5 heteroatoms. The van der Waals surface area contributed by atoms with Crippen LogP contribution >= 0.6 is 11.6 Å². The maximum atomic E-state index is 14.0. The summed E-state index contributed by atoms with van der Waals surface area (Å²) in [4.78, 5) is 2.12. The van der Waals surface area contributed by atoms with Gasteiger partial charge in [0.1, 0.15) is 11.6 Å². The third-order valence-corrected chi connectivity index (χ3v) is 4.01. The van der Waals surface area contributed by atoms with Crippen LogP contribution in [0.5, 0.6) is 0 Å². The minimum absolute atomic E-state index is 0.0118. The van der Waals surface area contributed by atoms with E-state index in [9.17, 15) is 8.78 Å². The number of benzene rings is 1. The van der Waals surface area contributed by atoms with Crippen LogP contribution in [0.25, 0.3) is 0 Å². The van der Waals surface area contributed by atoms with Crippen LogP contribution in [0.2, 0.25) is 5.02 Å². The Bertz CT molecular complexity index is 542. The second-order valence-corrected chi connectivity index (χ2v) is 5.19. The minimum atomic E-state index is -0.617. The summed E-state index contributed by atoms with van der Waals surface area (Å²) in [6.45, 7) is 3.34. The highest BCUT2D eigenvalue weighted by Crippen LogP contribution is 2.40. The summed E-state index contributed by atoms with van der Waals surface area (Å²) >= 11 is 5.73. The topological polar surface area (TPSA) is 15.3 Å². The smallest absolute Gasteiger partial charge is 0.148 e. The van der Waals surface area contributed by atoms with E-state index in [1.807, 2.05) is 6.92 Å². The molecule has 0 spiro atoms. The van der Waals surface area contributed by atoms with Gasteiger partial charge in [0.2, 0.25) is 0 Å². The lowest BCUT2D eigenvalue weighted by molar-refractivity contribution is 0.393. The van der Waals surface area contributed by atoms with Crippen molar-refractivity contribution in [1.82, 2.24) is 10.2 Å². The average Bonchev–Trinajstić information content (AvgIpc) is 2.88. The molecule has 0 saturated carbocycles. The summed E-state index contributed by atoms with van der Waals surface area (Å²) in [6.07, 6.45) is 0.660. The van der Waals surface area contributed by atoms with Crippen LogP contribution in [-0.2, 0) is 0 Å². The molecule has 2 aliphatic heterocycles. The largest absolute Gasteiger partial charge is 0.370 e. The summed E-state index contributed by atoms with van der Waals surface area (Å²) in [7, 11) is 0. The van der Waals surface area contributed by atoms with E-state index in [0.717, 1.165) is 18.1 Å². The quantitative estimate of drug-likeness (QED) is 0.789. The normalized spacial score (nSPS) is 22.4. The number of hydrogen-bond acceptors (Lipinski definition) is 2. The van der Waals surface area contributed by atoms with Gasteiger partial charge in [-0.25, -0.2) is 8.78 Å². The number of rotatable bonds is 1. The second kappa shape index (κ2) is 4.12. The SMILES string of the molecule is CC1=C2C[C@H](c3c(F)ccc(Cl)c3F)CN2CN1. The van der Waals surface area contributed by atoms with Crippen LogP contribution in [0, 0.1) is 11.6 Å². The zero-order valence-corrected chi connectivity index (χ0v) is 10.7. The maximum absolute atomic E-state index is 14.0. The summed E-state index contributed by atoms with van der Waals surface area (Å²) in [5, 5.41) is 3.21. The fourth-order valence-corrected chi connectivity index (χ4v) is 2.94. The van der Waals surface area contributed by atoms with E-state index in [-0.39, 0.29) is 16.5 Å². The van der Waals surface area contributed by atoms with Crippen molar-refractivity contribution in [3.63, 3.8) is 0 Å². The van der Waals surface area contributed by atoms with Gasteiger partial charge in [0.25, 0.3) is 0 Å². The van der Waals surface area contributed by atoms with Crippen LogP contribution < -0.4 is 5.32 Å². The average molecular weight is 271 g/mol. The van der Waals surface area contributed by atoms with Crippen molar-refractivity contribution in [2.45, 2.75) is 19.3 Å². The van der Waals surface area contributed by atoms with Gasteiger partial charge in [-0.05, 0) is 25.5 Å². The molecular formula is C13H13ClF2N2. The molecule has 1 aromatic carbocycles. The lowest BCUT2D eigenvalue weighted by Gasteiger charge is -2.15. The summed E-state index contributed by atoms with van der Waals surface area (Å²) in [6, 6.07) is 2.50. The molecule has 96 valence electrons. The predicted octanol–water partition coefficient (Wildman–Crippen LogP) is 3.20. The molecule has 1 fully saturated rings. The van der Waals surface area contributed by atoms with Gasteiger partial charge in [-0.3, -0.25) is 0 Å². The number of nitrogens with one attached hydrogen (secondary N) is 1. The standard InChI is InChI=1S/C13H13ClF2N2/c1-7-11-4-8(5-18(11)6-17-7)12-10(15)3-2-9(14)13(12)16/h2-3,8,17H,4-6H2,1H3/t8-/m0/s1. The van der Waals surface area contributed by atoms with E-state index in [4.69, 9.17) is 11.6 Å². The Hall–Kier alpha value is -1.29. The van der Waals surface area contributed by atoms with Gasteiger partial charge < -0.3 is 10.2 Å². The van der Waals surface area contributed by atoms with Gasteiger partial charge in [-0.1, -0.05) is 11.6 Å². The Morgan fingerprint density at radius 1 is 1.39 bits per heavy atom. The van der Waals surface area contributed by atoms with Crippen molar-refractivity contribution < 1.29 is 8.78 Å². The molecule has 1 atom stereocenters. The van der Waals surface area contributed by atoms with Crippen LogP contribution in [-0.4, -0.2) is 18.1 Å². The fourth-order valence-electron chi connectivity index (χ4n) is 2.78. The molecule has 3 rings (SSSR count). The molecule has 0 unspecified atom stereocenters. The van der Waals surface area contributed by atoms with Crippen molar-refractivity contribution in [2.75, 3.05) is 13.2 Å². The van der Waals surface area contributed by atoms with Crippen molar-refractivity contribution in [2.24, 2.45) is 0 Å². The van der Waals surface area contributed by atoms with Gasteiger partial charge in [0, 0.05) is 29.4 Å². The van der Waals surface area contributed by atoms with Crippen LogP contribution in [0.3, 0.4) is 0 Å². The summed E-state index contributed by atoms with van der Waals surface area (Å²) < 4.78 is 27.8. The number of hydrogen-bond donors (Lipinski definition) is 1. The Labute approximate surface area is 109 Å². The number of fused-ring (bicyclic) bond motifs is 1. The molecule has 18 heavy (non-hydrogen) atoms. The summed E-state index contributed by atoms with van der Waals surface area (Å²) in [5.41, 5.74) is 2.37. The minimum Gasteiger partial charge on any atom is -0.370 e. The van der Waals surface area contributed by atoms with Crippen molar-refractivity contribution in [1.29, 1.82) is 0 Å². The Morgan fingerprint density at radius 2 is 2.17 bits per heavy atom. The van der Waals surface area contributed by atoms with Crippen LogP contribution in [0.4, 0.5) is 8.78 Å². The molecule has 0 aromatic heterocycles. The number of nitrogens with zero attached hydrogens (tertiary/aromatic N) is 1. The van der Waals surface area contributed by atoms with Crippen molar-refractivity contribution in [3.05, 3.63) is 45.7 Å². The lowest BCUT2D eigenvalue weighted by Crippen LogP contribution is -2.23. The molecule has 0 radical (unpaired) electrons. The molecule has 0 bridgehead atoms. The zero-order chi connectivity index (χ0) is 12.9. The predicted molar refractivity (Wildman–Crippen MR) is 66.1 cm³/mol. The second-order valence-electron chi connectivity index (χ2n) is 4.79. The molecule has 0 amide bonds. The van der Waals surface area contributed by atoms with Crippen LogP contribution in [0.15, 0.2) is 23.5 Å². The van der Waals surface area contributed by atoms with Crippen molar-refractivity contribution in [3.8, 4) is 0 Å². The maximum Gasteiger partial charge on any atom is 0.148 e. The van der Waals surface area contributed by atoms with Gasteiger partial charge in [-0.15, -0.1) is 0 Å². The number of allylic oxidation sites excluding steroid dienone is 2. The highest BCUT2D eigenvalue weighted by atomic mass is 35.5. The van der Waals surface area contributed by atoms with Gasteiger partial charge in [0.15, 0.2) is 0 Å². The Balaban J connectivity index is 1.99. The van der Waals surface area contributed by atoms with Gasteiger partial charge >= 0.3 is 0 Å². The van der Waals surface area contributed by atoms with E-state index in [2.05, 4.69) is 10.2 Å². The third-order valence-electron chi connectivity index (χ3n) is 3.72. The first-order valence-electron chi connectivity index (χ1n) is 5.90. The Kier molecular flexibility index (Phi) is 2.70. The van der Waals surface area contributed by atoms with E-state index in [1.165, 1.54) is 12.1 Å². The molecule has 1 N–H and O–H groups in total. The molecule has 2 nitrogen and oxygen atoms in total.